The summed E-state index contributed by atoms with van der Waals surface area (Å²) in [6.45, 7) is 2.21. The quantitative estimate of drug-likeness (QED) is 0.932. The van der Waals surface area contributed by atoms with Gasteiger partial charge in [0.25, 0.3) is 0 Å². The smallest absolute Gasteiger partial charge is 0.111 e. The summed E-state index contributed by atoms with van der Waals surface area (Å²) >= 11 is 1.79. The topological polar surface area (TPSA) is 34.1 Å². The number of aromatic nitrogens is 1. The molecule has 2 bridgehead atoms. The van der Waals surface area contributed by atoms with Gasteiger partial charge in [0.1, 0.15) is 5.01 Å². The van der Waals surface area contributed by atoms with E-state index < -0.39 is 0 Å². The highest BCUT2D eigenvalue weighted by atomic mass is 32.1. The first-order valence-electron chi connectivity index (χ1n) is 7.06. The lowest BCUT2D eigenvalue weighted by atomic mass is 9.95. The van der Waals surface area contributed by atoms with E-state index in [9.17, 15) is 0 Å². The van der Waals surface area contributed by atoms with Crippen molar-refractivity contribution in [2.75, 3.05) is 0 Å². The maximum absolute atomic E-state index is 5.90. The van der Waals surface area contributed by atoms with Gasteiger partial charge in [-0.2, -0.15) is 0 Å². The molecule has 3 nitrogen and oxygen atoms in total. The molecule has 0 radical (unpaired) electrons. The molecule has 3 heterocycles. The zero-order chi connectivity index (χ0) is 12.8. The lowest BCUT2D eigenvalue weighted by Gasteiger charge is -2.23. The van der Waals surface area contributed by atoms with E-state index in [2.05, 4.69) is 30.4 Å². The summed E-state index contributed by atoms with van der Waals surface area (Å²) in [5.41, 5.74) is 1.11. The van der Waals surface area contributed by atoms with E-state index in [1.54, 1.807) is 11.3 Å². The molecule has 2 aliphatic heterocycles. The Balaban J connectivity index is 1.52. The van der Waals surface area contributed by atoms with Crippen LogP contribution in [0.25, 0.3) is 10.2 Å². The molecule has 4 atom stereocenters. The van der Waals surface area contributed by atoms with Crippen LogP contribution in [0.5, 0.6) is 0 Å². The standard InChI is InChI=1S/C15H18N2OS/c1-9(16-12-8-10-6-7-13(12)18-10)15-17-11-4-2-3-5-14(11)19-15/h2-5,9-10,12-13,16H,6-8H2,1H3. The number of thiazole rings is 1. The van der Waals surface area contributed by atoms with Gasteiger partial charge >= 0.3 is 0 Å². The first-order valence-corrected chi connectivity index (χ1v) is 7.88. The molecule has 2 fully saturated rings. The Morgan fingerprint density at radius 2 is 2.26 bits per heavy atom. The van der Waals surface area contributed by atoms with Crippen LogP contribution in [0.3, 0.4) is 0 Å². The first kappa shape index (κ1) is 11.8. The summed E-state index contributed by atoms with van der Waals surface area (Å²) < 4.78 is 7.17. The van der Waals surface area contributed by atoms with Gasteiger partial charge < -0.3 is 10.1 Å². The molecule has 1 N–H and O–H groups in total. The molecule has 0 aliphatic carbocycles. The molecule has 2 saturated heterocycles. The zero-order valence-electron chi connectivity index (χ0n) is 11.0. The fourth-order valence-corrected chi connectivity index (χ4v) is 4.26. The average molecular weight is 274 g/mol. The van der Waals surface area contributed by atoms with Crippen LogP contribution < -0.4 is 5.32 Å². The summed E-state index contributed by atoms with van der Waals surface area (Å²) in [5.74, 6) is 0. The summed E-state index contributed by atoms with van der Waals surface area (Å²) in [7, 11) is 0. The van der Waals surface area contributed by atoms with E-state index in [0.717, 1.165) is 5.52 Å². The second kappa shape index (κ2) is 4.54. The Morgan fingerprint density at radius 3 is 3.00 bits per heavy atom. The van der Waals surface area contributed by atoms with Gasteiger partial charge in [-0.05, 0) is 38.3 Å². The van der Waals surface area contributed by atoms with Gasteiger partial charge in [-0.15, -0.1) is 11.3 Å². The van der Waals surface area contributed by atoms with Crippen molar-refractivity contribution in [2.24, 2.45) is 0 Å². The Morgan fingerprint density at radius 1 is 1.37 bits per heavy atom. The molecule has 1 aromatic heterocycles. The lowest BCUT2D eigenvalue weighted by molar-refractivity contribution is 0.0962. The van der Waals surface area contributed by atoms with Crippen LogP contribution in [-0.2, 0) is 4.74 Å². The second-order valence-corrected chi connectivity index (χ2v) is 6.69. The predicted octanol–water partition coefficient (Wildman–Crippen LogP) is 3.27. The van der Waals surface area contributed by atoms with Crippen LogP contribution in [0.4, 0.5) is 0 Å². The highest BCUT2D eigenvalue weighted by molar-refractivity contribution is 7.18. The van der Waals surface area contributed by atoms with E-state index in [1.807, 2.05) is 6.07 Å². The van der Waals surface area contributed by atoms with Crippen molar-refractivity contribution in [3.05, 3.63) is 29.3 Å². The van der Waals surface area contributed by atoms with E-state index in [1.165, 1.54) is 29.0 Å². The molecule has 2 aliphatic rings. The Hall–Kier alpha value is -0.970. The van der Waals surface area contributed by atoms with E-state index in [-0.39, 0.29) is 0 Å². The number of benzene rings is 1. The first-order chi connectivity index (χ1) is 9.29. The zero-order valence-corrected chi connectivity index (χ0v) is 11.8. The van der Waals surface area contributed by atoms with Gasteiger partial charge in [0, 0.05) is 6.04 Å². The van der Waals surface area contributed by atoms with Gasteiger partial charge in [0.2, 0.25) is 0 Å². The SMILES string of the molecule is CC(NC1CC2CCC1O2)c1nc2ccccc2s1. The lowest BCUT2D eigenvalue weighted by Crippen LogP contribution is -2.38. The summed E-state index contributed by atoms with van der Waals surface area (Å²) in [4.78, 5) is 4.73. The number of para-hydroxylation sites is 1. The van der Waals surface area contributed by atoms with E-state index in [4.69, 9.17) is 9.72 Å². The van der Waals surface area contributed by atoms with Crippen LogP contribution in [0.1, 0.15) is 37.2 Å². The summed E-state index contributed by atoms with van der Waals surface area (Å²) in [5, 5.41) is 4.89. The maximum atomic E-state index is 5.90. The van der Waals surface area contributed by atoms with Crippen LogP contribution in [0, 0.1) is 0 Å². The minimum Gasteiger partial charge on any atom is -0.373 e. The van der Waals surface area contributed by atoms with Crippen molar-refractivity contribution in [3.8, 4) is 0 Å². The Kier molecular flexibility index (Phi) is 2.83. The number of nitrogens with zero attached hydrogens (tertiary/aromatic N) is 1. The van der Waals surface area contributed by atoms with Crippen LogP contribution in [-0.4, -0.2) is 23.2 Å². The molecule has 100 valence electrons. The van der Waals surface area contributed by atoms with Crippen molar-refractivity contribution in [1.29, 1.82) is 0 Å². The molecule has 4 rings (SSSR count). The average Bonchev–Trinajstić information content (AvgIpc) is 3.12. The predicted molar refractivity (Wildman–Crippen MR) is 77.5 cm³/mol. The molecular formula is C15H18N2OS. The third-order valence-electron chi connectivity index (χ3n) is 4.25. The summed E-state index contributed by atoms with van der Waals surface area (Å²) in [6, 6.07) is 9.18. The maximum Gasteiger partial charge on any atom is 0.111 e. The number of hydrogen-bond donors (Lipinski definition) is 1. The minimum atomic E-state index is 0.311. The third kappa shape index (κ3) is 2.08. The van der Waals surface area contributed by atoms with Crippen LogP contribution in [0.15, 0.2) is 24.3 Å². The Bertz CT molecular complexity index is 564. The highest BCUT2D eigenvalue weighted by Crippen LogP contribution is 2.36. The number of hydrogen-bond acceptors (Lipinski definition) is 4. The molecule has 2 aromatic rings. The normalized spacial score (nSPS) is 31.1. The molecule has 0 amide bonds. The van der Waals surface area contributed by atoms with Gasteiger partial charge in [-0.25, -0.2) is 4.98 Å². The van der Waals surface area contributed by atoms with Gasteiger partial charge in [-0.1, -0.05) is 12.1 Å². The molecule has 19 heavy (non-hydrogen) atoms. The van der Waals surface area contributed by atoms with Gasteiger partial charge in [0.15, 0.2) is 0 Å². The molecule has 0 saturated carbocycles. The van der Waals surface area contributed by atoms with Gasteiger partial charge in [-0.3, -0.25) is 0 Å². The van der Waals surface area contributed by atoms with E-state index >= 15 is 0 Å². The molecule has 0 spiro atoms. The van der Waals surface area contributed by atoms with Gasteiger partial charge in [0.05, 0.1) is 28.5 Å². The highest BCUT2D eigenvalue weighted by Gasteiger charge is 2.41. The van der Waals surface area contributed by atoms with Crippen molar-refractivity contribution >= 4 is 21.6 Å². The minimum absolute atomic E-state index is 0.311. The monoisotopic (exact) mass is 274 g/mol. The molecule has 1 aromatic carbocycles. The van der Waals surface area contributed by atoms with Crippen molar-refractivity contribution in [1.82, 2.24) is 10.3 Å². The fourth-order valence-electron chi connectivity index (χ4n) is 3.28. The number of ether oxygens (including phenoxy) is 1. The number of nitrogens with one attached hydrogen (secondary N) is 1. The van der Waals surface area contributed by atoms with E-state index in [0.29, 0.717) is 24.3 Å². The fraction of sp³-hybridized carbons (Fsp3) is 0.533. The van der Waals surface area contributed by atoms with Crippen molar-refractivity contribution in [3.63, 3.8) is 0 Å². The van der Waals surface area contributed by atoms with Crippen LogP contribution in [0.2, 0.25) is 0 Å². The van der Waals surface area contributed by atoms with Crippen molar-refractivity contribution in [2.45, 2.75) is 50.5 Å². The number of fused-ring (bicyclic) bond motifs is 3. The van der Waals surface area contributed by atoms with Crippen molar-refractivity contribution < 1.29 is 4.74 Å². The molecule has 4 unspecified atom stereocenters. The summed E-state index contributed by atoms with van der Waals surface area (Å²) in [6.07, 6.45) is 4.57. The van der Waals surface area contributed by atoms with Crippen LogP contribution >= 0.6 is 11.3 Å². The Labute approximate surface area is 117 Å². The molecular weight excluding hydrogens is 256 g/mol. The third-order valence-corrected chi connectivity index (χ3v) is 5.47. The largest absolute Gasteiger partial charge is 0.373 e. The number of rotatable bonds is 3. The second-order valence-electron chi connectivity index (χ2n) is 5.62. The molecule has 4 heteroatoms.